The van der Waals surface area contributed by atoms with Crippen LogP contribution < -0.4 is 9.47 Å². The predicted octanol–water partition coefficient (Wildman–Crippen LogP) is 4.57. The first-order valence-corrected chi connectivity index (χ1v) is 13.9. The third-order valence-electron chi connectivity index (χ3n) is 6.91. The summed E-state index contributed by atoms with van der Waals surface area (Å²) in [4.78, 5) is 22.7. The number of aromatic nitrogens is 2. The Labute approximate surface area is 209 Å². The number of benzene rings is 1. The number of amides is 1. The van der Waals surface area contributed by atoms with E-state index in [4.69, 9.17) is 14.2 Å². The van der Waals surface area contributed by atoms with Crippen molar-refractivity contribution in [3.63, 3.8) is 0 Å². The summed E-state index contributed by atoms with van der Waals surface area (Å²) in [6, 6.07) is 3.75. The van der Waals surface area contributed by atoms with E-state index in [1.165, 1.54) is 18.5 Å². The first kappa shape index (κ1) is 24.7. The number of fused-ring (bicyclic) bond motifs is 2. The van der Waals surface area contributed by atoms with Crippen LogP contribution in [0.5, 0.6) is 17.5 Å². The van der Waals surface area contributed by atoms with Crippen LogP contribution in [0.15, 0.2) is 29.4 Å². The number of piperidine rings is 1. The molecule has 11 heteroatoms. The summed E-state index contributed by atoms with van der Waals surface area (Å²) < 4.78 is 56.8. The molecule has 1 saturated carbocycles. The number of hydrogen-bond donors (Lipinski definition) is 0. The number of nitrogens with zero attached hydrogens (tertiary/aromatic N) is 3. The number of hydrogen-bond acceptors (Lipinski definition) is 8. The van der Waals surface area contributed by atoms with Crippen LogP contribution in [0.2, 0.25) is 0 Å². The number of sulfone groups is 1. The van der Waals surface area contributed by atoms with Crippen LogP contribution in [-0.2, 0) is 14.6 Å². The molecule has 0 spiro atoms. The second-order valence-corrected chi connectivity index (χ2v) is 12.2. The minimum atomic E-state index is -3.50. The molecule has 2 atom stereocenters. The van der Waals surface area contributed by atoms with Gasteiger partial charge in [0.25, 0.3) is 0 Å². The maximum absolute atomic E-state index is 14.7. The lowest BCUT2D eigenvalue weighted by Gasteiger charge is -2.38. The minimum absolute atomic E-state index is 0.0449. The van der Waals surface area contributed by atoms with Crippen LogP contribution in [0.4, 0.5) is 9.18 Å². The Morgan fingerprint density at radius 2 is 1.75 bits per heavy atom. The second-order valence-electron chi connectivity index (χ2n) is 9.98. The quantitative estimate of drug-likeness (QED) is 0.523. The van der Waals surface area contributed by atoms with Gasteiger partial charge in [0.1, 0.15) is 12.4 Å². The van der Waals surface area contributed by atoms with Gasteiger partial charge in [-0.05, 0) is 64.7 Å². The van der Waals surface area contributed by atoms with Crippen LogP contribution in [0.25, 0.3) is 0 Å². The third-order valence-corrected chi connectivity index (χ3v) is 9.17. The molecular weight excluding hydrogens is 489 g/mol. The summed E-state index contributed by atoms with van der Waals surface area (Å²) in [5, 5.41) is -0.421. The van der Waals surface area contributed by atoms with Crippen molar-refractivity contribution in [3.05, 3.63) is 35.9 Å². The van der Waals surface area contributed by atoms with Crippen molar-refractivity contribution < 1.29 is 31.8 Å². The Morgan fingerprint density at radius 1 is 1.08 bits per heavy atom. The molecule has 2 bridgehead atoms. The smallest absolute Gasteiger partial charge is 0.410 e. The van der Waals surface area contributed by atoms with Gasteiger partial charge in [-0.15, -0.1) is 0 Å². The van der Waals surface area contributed by atoms with E-state index in [2.05, 4.69) is 9.97 Å². The Kier molecular flexibility index (Phi) is 6.52. The fourth-order valence-electron chi connectivity index (χ4n) is 5.00. The zero-order valence-electron chi connectivity index (χ0n) is 20.5. The van der Waals surface area contributed by atoms with E-state index in [1.54, 1.807) is 6.92 Å². The Morgan fingerprint density at radius 3 is 2.36 bits per heavy atom. The molecule has 0 N–H and O–H groups in total. The van der Waals surface area contributed by atoms with Gasteiger partial charge in [-0.1, -0.05) is 0 Å². The molecular formula is C25H30FN3O6S. The zero-order chi connectivity index (χ0) is 25.6. The molecule has 2 aromatic rings. The Hall–Kier alpha value is -2.95. The zero-order valence-corrected chi connectivity index (χ0v) is 21.3. The van der Waals surface area contributed by atoms with Gasteiger partial charge in [0.15, 0.2) is 21.4 Å². The van der Waals surface area contributed by atoms with Gasteiger partial charge in [0.2, 0.25) is 11.8 Å². The molecule has 1 aliphatic carbocycles. The molecule has 9 nitrogen and oxygen atoms in total. The molecule has 3 aliphatic rings. The van der Waals surface area contributed by atoms with E-state index < -0.39 is 20.9 Å². The van der Waals surface area contributed by atoms with Gasteiger partial charge in [-0.2, -0.15) is 0 Å². The van der Waals surface area contributed by atoms with Gasteiger partial charge < -0.3 is 19.1 Å². The summed E-state index contributed by atoms with van der Waals surface area (Å²) >= 11 is 0. The fraction of sp³-hybridized carbons (Fsp3) is 0.560. The van der Waals surface area contributed by atoms with Crippen molar-refractivity contribution in [2.45, 2.75) is 93.7 Å². The van der Waals surface area contributed by atoms with Crippen LogP contribution in [0.3, 0.4) is 0 Å². The van der Waals surface area contributed by atoms with Gasteiger partial charge >= 0.3 is 6.09 Å². The van der Waals surface area contributed by atoms with Gasteiger partial charge in [0, 0.05) is 24.9 Å². The van der Waals surface area contributed by atoms with E-state index in [-0.39, 0.29) is 46.9 Å². The van der Waals surface area contributed by atoms with Crippen molar-refractivity contribution >= 4 is 15.9 Å². The summed E-state index contributed by atoms with van der Waals surface area (Å²) in [5.74, 6) is -0.462. The van der Waals surface area contributed by atoms with E-state index in [1.807, 2.05) is 18.7 Å². The van der Waals surface area contributed by atoms with Crippen molar-refractivity contribution in [3.8, 4) is 17.5 Å². The highest BCUT2D eigenvalue weighted by molar-refractivity contribution is 7.92. The first-order valence-electron chi connectivity index (χ1n) is 12.3. The summed E-state index contributed by atoms with van der Waals surface area (Å²) in [6.07, 6.45) is 5.03. The molecule has 1 amide bonds. The Balaban J connectivity index is 1.27. The minimum Gasteiger partial charge on any atom is -0.474 e. The maximum atomic E-state index is 14.7. The highest BCUT2D eigenvalue weighted by Crippen LogP contribution is 2.39. The Bertz CT molecular complexity index is 1250. The molecule has 0 radical (unpaired) electrons. The van der Waals surface area contributed by atoms with Crippen molar-refractivity contribution in [1.82, 2.24) is 14.9 Å². The van der Waals surface area contributed by atoms with Crippen LogP contribution in [0, 0.1) is 12.7 Å². The molecule has 194 valence electrons. The third kappa shape index (κ3) is 4.85. The fourth-order valence-corrected chi connectivity index (χ4v) is 6.67. The number of halogens is 1. The van der Waals surface area contributed by atoms with Crippen LogP contribution in [-0.4, -0.2) is 58.9 Å². The average molecular weight is 520 g/mol. The SMILES string of the molecule is Cc1c(Oc2ccc(S(=O)(=O)C3CC3)cc2F)ncnc1OC1CC2CCC(C1)N2C(=O)OC(C)C. The topological polar surface area (TPSA) is 108 Å². The molecule has 1 aromatic carbocycles. The van der Waals surface area contributed by atoms with E-state index in [9.17, 15) is 17.6 Å². The average Bonchev–Trinajstić information content (AvgIpc) is 3.63. The predicted molar refractivity (Wildman–Crippen MR) is 127 cm³/mol. The van der Waals surface area contributed by atoms with Crippen molar-refractivity contribution in [1.29, 1.82) is 0 Å². The lowest BCUT2D eigenvalue weighted by molar-refractivity contribution is 0.0206. The number of rotatable bonds is 7. The van der Waals surface area contributed by atoms with E-state index in [0.29, 0.717) is 37.1 Å². The lowest BCUT2D eigenvalue weighted by Crippen LogP contribution is -2.50. The molecule has 5 rings (SSSR count). The summed E-state index contributed by atoms with van der Waals surface area (Å²) in [6.45, 7) is 5.39. The van der Waals surface area contributed by atoms with Crippen molar-refractivity contribution in [2.24, 2.45) is 0 Å². The van der Waals surface area contributed by atoms with Crippen LogP contribution in [0.1, 0.15) is 57.9 Å². The van der Waals surface area contributed by atoms with Gasteiger partial charge in [-0.3, -0.25) is 0 Å². The lowest BCUT2D eigenvalue weighted by atomic mass is 10.0. The molecule has 3 heterocycles. The van der Waals surface area contributed by atoms with E-state index >= 15 is 0 Å². The molecule has 3 fully saturated rings. The van der Waals surface area contributed by atoms with Gasteiger partial charge in [-0.25, -0.2) is 27.6 Å². The monoisotopic (exact) mass is 519 g/mol. The molecule has 1 aromatic heterocycles. The number of carbonyl (C=O) groups is 1. The normalized spacial score (nSPS) is 23.6. The number of ether oxygens (including phenoxy) is 3. The highest BCUT2D eigenvalue weighted by atomic mass is 32.2. The summed E-state index contributed by atoms with van der Waals surface area (Å²) in [7, 11) is -3.50. The molecule has 2 unspecified atom stereocenters. The molecule has 2 aliphatic heterocycles. The summed E-state index contributed by atoms with van der Waals surface area (Å²) in [5.41, 5.74) is 0.501. The first-order chi connectivity index (χ1) is 17.1. The van der Waals surface area contributed by atoms with Gasteiger partial charge in [0.05, 0.1) is 21.8 Å². The molecule has 36 heavy (non-hydrogen) atoms. The van der Waals surface area contributed by atoms with E-state index in [0.717, 1.165) is 18.9 Å². The maximum Gasteiger partial charge on any atom is 0.410 e. The molecule has 2 saturated heterocycles. The standard InChI is InChI=1S/C25H30FN3O6S/c1-14(2)33-25(30)29-16-4-5-17(29)11-18(10-16)34-23-15(3)24(28-13-27-23)35-22-9-8-20(12-21(22)26)36(31,32)19-6-7-19/h8-9,12-14,16-19H,4-7,10-11H2,1-3H3. The number of carbonyl (C=O) groups excluding carboxylic acids is 1. The second kappa shape index (κ2) is 9.49. The van der Waals surface area contributed by atoms with Crippen LogP contribution >= 0.6 is 0 Å². The largest absolute Gasteiger partial charge is 0.474 e. The van der Waals surface area contributed by atoms with Crippen molar-refractivity contribution in [2.75, 3.05) is 0 Å². The highest BCUT2D eigenvalue weighted by Gasteiger charge is 2.45.